The van der Waals surface area contributed by atoms with Crippen molar-refractivity contribution in [2.45, 2.75) is 77.2 Å². The van der Waals surface area contributed by atoms with E-state index in [-0.39, 0.29) is 23.1 Å². The molecule has 2 N–H and O–H groups in total. The molecule has 1 heterocycles. The van der Waals surface area contributed by atoms with E-state index in [2.05, 4.69) is 20.8 Å². The Morgan fingerprint density at radius 3 is 2.18 bits per heavy atom. The molecule has 0 aliphatic heterocycles. The second-order valence-electron chi connectivity index (χ2n) is 10.1. The van der Waals surface area contributed by atoms with Crippen molar-refractivity contribution in [3.8, 4) is 0 Å². The van der Waals surface area contributed by atoms with Gasteiger partial charge in [0.1, 0.15) is 11.0 Å². The molecule has 0 radical (unpaired) electrons. The van der Waals surface area contributed by atoms with E-state index in [1.54, 1.807) is 0 Å². The second-order valence-corrected chi connectivity index (χ2v) is 11.1. The maximum absolute atomic E-state index is 13.4. The quantitative estimate of drug-likeness (QED) is 0.760. The number of aromatic nitrogens is 2. The van der Waals surface area contributed by atoms with Gasteiger partial charge in [0.05, 0.1) is 0 Å². The first-order chi connectivity index (χ1) is 13.4. The average molecular weight is 403 g/mol. The molecule has 6 nitrogen and oxygen atoms in total. The molecule has 1 aromatic heterocycles. The van der Waals surface area contributed by atoms with Gasteiger partial charge in [-0.15, -0.1) is 10.2 Å². The number of rotatable bonds is 6. The lowest BCUT2D eigenvalue weighted by Gasteiger charge is -2.55. The predicted octanol–water partition coefficient (Wildman–Crippen LogP) is 3.71. The summed E-state index contributed by atoms with van der Waals surface area (Å²) in [5, 5.41) is 15.9. The van der Waals surface area contributed by atoms with E-state index in [4.69, 9.17) is 0 Å². The maximum atomic E-state index is 13.4. The van der Waals surface area contributed by atoms with Crippen molar-refractivity contribution in [2.24, 2.45) is 29.1 Å². The zero-order valence-corrected chi connectivity index (χ0v) is 17.6. The number of hydrogen-bond donors (Lipinski definition) is 2. The van der Waals surface area contributed by atoms with Crippen LogP contribution in [0.2, 0.25) is 0 Å². The molecular formula is C21H30N4O2S. The Morgan fingerprint density at radius 1 is 1.04 bits per heavy atom. The fraction of sp³-hybridized carbons (Fsp3) is 0.810. The molecule has 5 aliphatic carbocycles. The molecule has 2 amide bonds. The predicted molar refractivity (Wildman–Crippen MR) is 108 cm³/mol. The van der Waals surface area contributed by atoms with E-state index in [0.29, 0.717) is 28.8 Å². The number of hydrogen-bond acceptors (Lipinski definition) is 5. The molecule has 0 spiro atoms. The Hall–Kier alpha value is -1.50. The molecule has 0 saturated heterocycles. The van der Waals surface area contributed by atoms with Gasteiger partial charge in [-0.05, 0) is 75.0 Å². The summed E-state index contributed by atoms with van der Waals surface area (Å²) in [4.78, 5) is 26.3. The molecule has 1 atom stereocenters. The second kappa shape index (κ2) is 6.78. The third-order valence-corrected chi connectivity index (χ3v) is 8.35. The normalized spacial score (nSPS) is 34.5. The van der Waals surface area contributed by atoms with Gasteiger partial charge < -0.3 is 5.32 Å². The molecule has 7 heteroatoms. The average Bonchev–Trinajstić information content (AvgIpc) is 3.37. The minimum atomic E-state index is -0.534. The van der Waals surface area contributed by atoms with E-state index >= 15 is 0 Å². The van der Waals surface area contributed by atoms with E-state index in [1.807, 2.05) is 13.8 Å². The van der Waals surface area contributed by atoms with E-state index < -0.39 is 6.04 Å². The number of nitrogens with one attached hydrogen (secondary N) is 2. The van der Waals surface area contributed by atoms with Crippen LogP contribution in [0.1, 0.15) is 76.1 Å². The zero-order chi connectivity index (χ0) is 19.5. The first-order valence-corrected chi connectivity index (χ1v) is 11.7. The molecule has 6 rings (SSSR count). The lowest BCUT2D eigenvalue weighted by molar-refractivity contribution is -0.148. The van der Waals surface area contributed by atoms with E-state index in [9.17, 15) is 9.59 Å². The Labute approximate surface area is 170 Å². The third-order valence-electron chi connectivity index (χ3n) is 7.35. The monoisotopic (exact) mass is 402 g/mol. The highest BCUT2D eigenvalue weighted by Crippen LogP contribution is 2.60. The van der Waals surface area contributed by atoms with Crippen molar-refractivity contribution in [2.75, 3.05) is 5.32 Å². The highest BCUT2D eigenvalue weighted by Gasteiger charge is 2.55. The van der Waals surface area contributed by atoms with Gasteiger partial charge in [0, 0.05) is 11.3 Å². The van der Waals surface area contributed by atoms with Gasteiger partial charge in [-0.1, -0.05) is 25.2 Å². The summed E-state index contributed by atoms with van der Waals surface area (Å²) in [6.07, 6.45) is 9.29. The van der Waals surface area contributed by atoms with Crippen LogP contribution >= 0.6 is 11.3 Å². The number of anilines is 1. The number of amides is 2. The number of carbonyl (C=O) groups excluding carboxylic acids is 2. The highest BCUT2D eigenvalue weighted by atomic mass is 32.1. The van der Waals surface area contributed by atoms with Crippen LogP contribution in [-0.4, -0.2) is 28.1 Å². The summed E-state index contributed by atoms with van der Waals surface area (Å²) in [5.74, 6) is 2.62. The van der Waals surface area contributed by atoms with Crippen LogP contribution in [-0.2, 0) is 9.59 Å². The summed E-state index contributed by atoms with van der Waals surface area (Å²) in [6.45, 7) is 3.97. The Balaban J connectivity index is 1.27. The smallest absolute Gasteiger partial charge is 0.249 e. The van der Waals surface area contributed by atoms with Crippen LogP contribution in [0.4, 0.5) is 5.13 Å². The Kier molecular flexibility index (Phi) is 4.49. The number of nitrogens with zero attached hydrogens (tertiary/aromatic N) is 2. The van der Waals surface area contributed by atoms with Gasteiger partial charge in [-0.2, -0.15) is 0 Å². The Morgan fingerprint density at radius 2 is 1.64 bits per heavy atom. The SMILES string of the molecule is CC(C)[C@H](NC(=O)C12CC3CC(CC(C3)C1)C2)C(=O)Nc1nnc(C2CC2)s1. The standard InChI is InChI=1S/C21H30N4O2S/c1-11(2)16(17(26)23-20-25-24-18(28-20)15-3-4-15)22-19(27)21-8-12-5-13(9-21)7-14(6-12)10-21/h11-16H,3-10H2,1-2H3,(H,22,27)(H,23,25,26)/t12?,13?,14?,16-,21?/m0/s1. The van der Waals surface area contributed by atoms with Crippen LogP contribution in [0.5, 0.6) is 0 Å². The molecule has 0 aromatic carbocycles. The summed E-state index contributed by atoms with van der Waals surface area (Å²) in [5.41, 5.74) is -0.232. The van der Waals surface area contributed by atoms with Crippen LogP contribution in [0.25, 0.3) is 0 Å². The minimum Gasteiger partial charge on any atom is -0.344 e. The van der Waals surface area contributed by atoms with Gasteiger partial charge in [0.2, 0.25) is 16.9 Å². The molecule has 4 bridgehead atoms. The van der Waals surface area contributed by atoms with E-state index in [1.165, 1.54) is 43.4 Å². The molecule has 5 fully saturated rings. The van der Waals surface area contributed by atoms with Crippen molar-refractivity contribution >= 4 is 28.3 Å². The van der Waals surface area contributed by atoms with Gasteiger partial charge in [-0.3, -0.25) is 14.9 Å². The van der Waals surface area contributed by atoms with Crippen molar-refractivity contribution in [3.05, 3.63) is 5.01 Å². The van der Waals surface area contributed by atoms with Gasteiger partial charge >= 0.3 is 0 Å². The van der Waals surface area contributed by atoms with Crippen molar-refractivity contribution in [3.63, 3.8) is 0 Å². The zero-order valence-electron chi connectivity index (χ0n) is 16.7. The van der Waals surface area contributed by atoms with Crippen molar-refractivity contribution in [1.82, 2.24) is 15.5 Å². The molecule has 28 heavy (non-hydrogen) atoms. The largest absolute Gasteiger partial charge is 0.344 e. The minimum absolute atomic E-state index is 0.0219. The fourth-order valence-corrected chi connectivity index (χ4v) is 7.10. The molecular weight excluding hydrogens is 372 g/mol. The van der Waals surface area contributed by atoms with Crippen LogP contribution < -0.4 is 10.6 Å². The topological polar surface area (TPSA) is 84.0 Å². The maximum Gasteiger partial charge on any atom is 0.249 e. The summed E-state index contributed by atoms with van der Waals surface area (Å²) in [7, 11) is 0. The summed E-state index contributed by atoms with van der Waals surface area (Å²) < 4.78 is 0. The molecule has 1 aromatic rings. The van der Waals surface area contributed by atoms with Gasteiger partial charge in [-0.25, -0.2) is 0 Å². The van der Waals surface area contributed by atoms with Crippen LogP contribution in [0, 0.1) is 29.1 Å². The molecule has 0 unspecified atom stereocenters. The number of carbonyl (C=O) groups is 2. The molecule has 5 aliphatic rings. The van der Waals surface area contributed by atoms with Crippen molar-refractivity contribution < 1.29 is 9.59 Å². The summed E-state index contributed by atoms with van der Waals surface area (Å²) in [6, 6.07) is -0.534. The van der Waals surface area contributed by atoms with Crippen LogP contribution in [0.15, 0.2) is 0 Å². The highest BCUT2D eigenvalue weighted by molar-refractivity contribution is 7.15. The van der Waals surface area contributed by atoms with Gasteiger partial charge in [0.15, 0.2) is 0 Å². The van der Waals surface area contributed by atoms with E-state index in [0.717, 1.165) is 24.3 Å². The summed E-state index contributed by atoms with van der Waals surface area (Å²) >= 11 is 1.46. The first-order valence-electron chi connectivity index (χ1n) is 10.9. The Bertz CT molecular complexity index is 750. The van der Waals surface area contributed by atoms with Crippen molar-refractivity contribution in [1.29, 1.82) is 0 Å². The lowest BCUT2D eigenvalue weighted by Crippen LogP contribution is -2.57. The first kappa shape index (κ1) is 18.5. The van der Waals surface area contributed by atoms with Crippen LogP contribution in [0.3, 0.4) is 0 Å². The molecule has 5 saturated carbocycles. The third kappa shape index (κ3) is 3.36. The fourth-order valence-electron chi connectivity index (χ4n) is 6.18. The molecule has 152 valence electrons. The lowest BCUT2D eigenvalue weighted by atomic mass is 9.49. The van der Waals surface area contributed by atoms with Gasteiger partial charge in [0.25, 0.3) is 0 Å².